The summed E-state index contributed by atoms with van der Waals surface area (Å²) in [5.74, 6) is 0.771. The number of quaternary nitrogens is 1. The molecule has 3 rings (SSSR count). The average Bonchev–Trinajstić information content (AvgIpc) is 2.82. The first kappa shape index (κ1) is 16.8. The zero-order valence-electron chi connectivity index (χ0n) is 14.6. The zero-order valence-corrected chi connectivity index (χ0v) is 15.3. The van der Waals surface area contributed by atoms with E-state index in [9.17, 15) is 0 Å². The topological polar surface area (TPSA) is 26.5 Å². The lowest BCUT2D eigenvalue weighted by molar-refractivity contribution is -0.884. The Morgan fingerprint density at radius 2 is 1.88 bits per heavy atom. The lowest BCUT2D eigenvalue weighted by Gasteiger charge is -2.23. The maximum Gasteiger partial charge on any atom is 0.180 e. The minimum atomic E-state index is 0.427. The van der Waals surface area contributed by atoms with Gasteiger partial charge in [-0.2, -0.15) is 0 Å². The number of hydrogen-bond donors (Lipinski definition) is 0. The molecule has 4 nitrogen and oxygen atoms in total. The van der Waals surface area contributed by atoms with Gasteiger partial charge in [-0.05, 0) is 25.1 Å². The van der Waals surface area contributed by atoms with Crippen molar-refractivity contribution in [2.45, 2.75) is 20.1 Å². The predicted octanol–water partition coefficient (Wildman–Crippen LogP) is 4.08. The molecule has 2 heterocycles. The van der Waals surface area contributed by atoms with Gasteiger partial charge in [-0.25, -0.2) is 4.98 Å². The summed E-state index contributed by atoms with van der Waals surface area (Å²) in [6.07, 6.45) is 2.04. The van der Waals surface area contributed by atoms with Crippen LogP contribution in [0.2, 0.25) is 5.02 Å². The van der Waals surface area contributed by atoms with Gasteiger partial charge in [-0.1, -0.05) is 29.8 Å². The van der Waals surface area contributed by atoms with Crippen molar-refractivity contribution in [3.8, 4) is 5.75 Å². The number of rotatable bonds is 5. The number of ether oxygens (including phenoxy) is 1. The van der Waals surface area contributed by atoms with Gasteiger partial charge >= 0.3 is 0 Å². The largest absolute Gasteiger partial charge is 0.485 e. The van der Waals surface area contributed by atoms with Crippen molar-refractivity contribution in [2.24, 2.45) is 0 Å². The highest BCUT2D eigenvalue weighted by Crippen LogP contribution is 2.25. The number of halogens is 1. The van der Waals surface area contributed by atoms with E-state index in [1.807, 2.05) is 42.6 Å². The molecule has 24 heavy (non-hydrogen) atoms. The first-order valence-electron chi connectivity index (χ1n) is 7.98. The Balaban J connectivity index is 1.92. The molecule has 1 aromatic carbocycles. The van der Waals surface area contributed by atoms with Crippen LogP contribution in [0.3, 0.4) is 0 Å². The third-order valence-corrected chi connectivity index (χ3v) is 4.25. The molecule has 0 saturated heterocycles. The fraction of sp³-hybridized carbons (Fsp3) is 0.316. The Kier molecular flexibility index (Phi) is 4.52. The maximum absolute atomic E-state index is 6.21. The summed E-state index contributed by atoms with van der Waals surface area (Å²) < 4.78 is 8.98. The minimum absolute atomic E-state index is 0.427. The van der Waals surface area contributed by atoms with Crippen LogP contribution in [0.25, 0.3) is 5.65 Å². The van der Waals surface area contributed by atoms with Crippen molar-refractivity contribution in [1.82, 2.24) is 9.38 Å². The van der Waals surface area contributed by atoms with E-state index in [4.69, 9.17) is 21.3 Å². The van der Waals surface area contributed by atoms with Crippen LogP contribution in [0.1, 0.15) is 17.0 Å². The van der Waals surface area contributed by atoms with Crippen LogP contribution < -0.4 is 4.74 Å². The molecule has 0 atom stereocenters. The van der Waals surface area contributed by atoms with Crippen molar-refractivity contribution in [3.63, 3.8) is 0 Å². The second-order valence-corrected chi connectivity index (χ2v) is 7.45. The van der Waals surface area contributed by atoms with Crippen LogP contribution in [0.4, 0.5) is 0 Å². The molecule has 126 valence electrons. The summed E-state index contributed by atoms with van der Waals surface area (Å²) >= 11 is 6.21. The monoisotopic (exact) mass is 344 g/mol. The summed E-state index contributed by atoms with van der Waals surface area (Å²) in [7, 11) is 6.53. The molecule has 0 amide bonds. The van der Waals surface area contributed by atoms with Crippen molar-refractivity contribution >= 4 is 17.2 Å². The van der Waals surface area contributed by atoms with Gasteiger partial charge < -0.3 is 9.22 Å². The smallest absolute Gasteiger partial charge is 0.180 e. The molecule has 0 aliphatic heterocycles. The highest BCUT2D eigenvalue weighted by molar-refractivity contribution is 6.31. The number of pyridine rings is 1. The van der Waals surface area contributed by atoms with Crippen molar-refractivity contribution < 1.29 is 9.22 Å². The first-order valence-corrected chi connectivity index (χ1v) is 8.36. The quantitative estimate of drug-likeness (QED) is 0.652. The summed E-state index contributed by atoms with van der Waals surface area (Å²) in [5.41, 5.74) is 4.07. The summed E-state index contributed by atoms with van der Waals surface area (Å²) in [6, 6.07) is 11.7. The Bertz CT molecular complexity index is 865. The van der Waals surface area contributed by atoms with Gasteiger partial charge in [0, 0.05) is 16.8 Å². The molecule has 0 radical (unpaired) electrons. The van der Waals surface area contributed by atoms with E-state index in [1.165, 1.54) is 5.69 Å². The molecule has 0 saturated carbocycles. The van der Waals surface area contributed by atoms with E-state index in [2.05, 4.69) is 32.5 Å². The molecule has 5 heteroatoms. The Morgan fingerprint density at radius 3 is 2.58 bits per heavy atom. The van der Waals surface area contributed by atoms with Crippen LogP contribution in [-0.4, -0.2) is 35.0 Å². The van der Waals surface area contributed by atoms with Gasteiger partial charge in [0.1, 0.15) is 18.8 Å². The third kappa shape index (κ3) is 3.55. The SMILES string of the molecule is Cc1nc2c(OCc3ccccc3Cl)cccn2c1C[N+](C)(C)C. The van der Waals surface area contributed by atoms with Gasteiger partial charge in [-0.15, -0.1) is 0 Å². The van der Waals surface area contributed by atoms with E-state index in [0.29, 0.717) is 6.61 Å². The van der Waals surface area contributed by atoms with Crippen LogP contribution in [0.5, 0.6) is 5.75 Å². The van der Waals surface area contributed by atoms with Crippen molar-refractivity contribution in [3.05, 3.63) is 64.6 Å². The number of nitrogens with zero attached hydrogens (tertiary/aromatic N) is 3. The number of benzene rings is 1. The molecular weight excluding hydrogens is 322 g/mol. The molecule has 0 N–H and O–H groups in total. The second kappa shape index (κ2) is 6.46. The first-order chi connectivity index (χ1) is 11.3. The Morgan fingerprint density at radius 1 is 1.12 bits per heavy atom. The van der Waals surface area contributed by atoms with Gasteiger partial charge in [0.25, 0.3) is 0 Å². The fourth-order valence-electron chi connectivity index (χ4n) is 2.73. The fourth-order valence-corrected chi connectivity index (χ4v) is 2.92. The van der Waals surface area contributed by atoms with Crippen molar-refractivity contribution in [2.75, 3.05) is 21.1 Å². The predicted molar refractivity (Wildman–Crippen MR) is 97.4 cm³/mol. The normalized spacial score (nSPS) is 11.9. The molecule has 0 unspecified atom stereocenters. The van der Waals surface area contributed by atoms with Crippen molar-refractivity contribution in [1.29, 1.82) is 0 Å². The van der Waals surface area contributed by atoms with E-state index in [1.54, 1.807) is 0 Å². The number of hydrogen-bond acceptors (Lipinski definition) is 2. The lowest BCUT2D eigenvalue weighted by Crippen LogP contribution is -2.34. The number of aryl methyl sites for hydroxylation is 1. The van der Waals surface area contributed by atoms with E-state index < -0.39 is 0 Å². The third-order valence-electron chi connectivity index (χ3n) is 3.88. The Labute approximate surface area is 147 Å². The van der Waals surface area contributed by atoms with E-state index >= 15 is 0 Å². The van der Waals surface area contributed by atoms with Gasteiger partial charge in [0.15, 0.2) is 11.4 Å². The van der Waals surface area contributed by atoms with Gasteiger partial charge in [-0.3, -0.25) is 4.40 Å². The zero-order chi connectivity index (χ0) is 17.3. The summed E-state index contributed by atoms with van der Waals surface area (Å²) in [5, 5.41) is 0.717. The molecular formula is C19H23ClN3O+. The van der Waals surface area contributed by atoms with Crippen LogP contribution in [0.15, 0.2) is 42.6 Å². The molecule has 0 aliphatic rings. The number of imidazole rings is 1. The molecule has 0 spiro atoms. The van der Waals surface area contributed by atoms with Crippen LogP contribution >= 0.6 is 11.6 Å². The molecule has 0 aliphatic carbocycles. The number of fused-ring (bicyclic) bond motifs is 1. The molecule has 2 aromatic heterocycles. The molecule has 0 fully saturated rings. The molecule has 0 bridgehead atoms. The van der Waals surface area contributed by atoms with E-state index in [0.717, 1.165) is 38.7 Å². The lowest BCUT2D eigenvalue weighted by atomic mass is 10.2. The van der Waals surface area contributed by atoms with Gasteiger partial charge in [0.05, 0.1) is 26.8 Å². The summed E-state index contributed by atoms with van der Waals surface area (Å²) in [6.45, 7) is 3.38. The highest BCUT2D eigenvalue weighted by atomic mass is 35.5. The maximum atomic E-state index is 6.21. The van der Waals surface area contributed by atoms with Crippen LogP contribution in [0, 0.1) is 6.92 Å². The highest BCUT2D eigenvalue weighted by Gasteiger charge is 2.18. The van der Waals surface area contributed by atoms with Crippen LogP contribution in [-0.2, 0) is 13.2 Å². The average molecular weight is 345 g/mol. The second-order valence-electron chi connectivity index (χ2n) is 7.04. The minimum Gasteiger partial charge on any atom is -0.485 e. The van der Waals surface area contributed by atoms with E-state index in [-0.39, 0.29) is 0 Å². The number of aromatic nitrogens is 2. The molecule has 3 aromatic rings. The summed E-state index contributed by atoms with van der Waals surface area (Å²) in [4.78, 5) is 4.73. The van der Waals surface area contributed by atoms with Gasteiger partial charge in [0.2, 0.25) is 0 Å². The standard InChI is InChI=1S/C19H23ClN3O/c1-14-17(12-23(2,3)4)22-11-7-10-18(19(22)21-14)24-13-15-8-5-6-9-16(15)20/h5-11H,12-13H2,1-4H3/q+1. The Hall–Kier alpha value is -2.04.